The van der Waals surface area contributed by atoms with E-state index in [1.807, 2.05) is 52.9 Å². The summed E-state index contributed by atoms with van der Waals surface area (Å²) >= 11 is 5.91. The van der Waals surface area contributed by atoms with E-state index < -0.39 is 0 Å². The number of hydrogen-bond donors (Lipinski definition) is 1. The molecule has 3 aromatic rings. The van der Waals surface area contributed by atoms with Crippen molar-refractivity contribution in [2.75, 3.05) is 13.6 Å². The largest absolute Gasteiger partial charge is 0.355 e. The SMILES string of the molecule is CN(C(=O)Cn1c(CCNC(=O)Cc2ccc(Cl)cc2)nc2ccccc21)C1CCCCC1. The number of imidazole rings is 1. The Bertz CT molecular complexity index is 1100. The van der Waals surface area contributed by atoms with Gasteiger partial charge in [0, 0.05) is 31.1 Å². The summed E-state index contributed by atoms with van der Waals surface area (Å²) in [6.45, 7) is 0.726. The lowest BCUT2D eigenvalue weighted by Gasteiger charge is -2.31. The van der Waals surface area contributed by atoms with E-state index in [1.54, 1.807) is 12.1 Å². The summed E-state index contributed by atoms with van der Waals surface area (Å²) in [5.74, 6) is 0.875. The van der Waals surface area contributed by atoms with Crippen LogP contribution in [0, 0.1) is 0 Å². The Morgan fingerprint density at radius 2 is 1.82 bits per heavy atom. The van der Waals surface area contributed by atoms with Gasteiger partial charge in [-0.1, -0.05) is 55.1 Å². The third-order valence-corrected chi connectivity index (χ3v) is 6.74. The highest BCUT2D eigenvalue weighted by molar-refractivity contribution is 6.30. The topological polar surface area (TPSA) is 67.2 Å². The quantitative estimate of drug-likeness (QED) is 0.535. The van der Waals surface area contributed by atoms with Crippen LogP contribution in [0.25, 0.3) is 11.0 Å². The zero-order chi connectivity index (χ0) is 23.2. The first kappa shape index (κ1) is 23.3. The van der Waals surface area contributed by atoms with Crippen molar-refractivity contribution in [1.82, 2.24) is 19.8 Å². The highest BCUT2D eigenvalue weighted by atomic mass is 35.5. The molecule has 0 aliphatic heterocycles. The van der Waals surface area contributed by atoms with Crippen LogP contribution in [0.15, 0.2) is 48.5 Å². The average molecular weight is 467 g/mol. The number of fused-ring (bicyclic) bond motifs is 1. The Labute approximate surface area is 199 Å². The molecular weight excluding hydrogens is 436 g/mol. The maximum atomic E-state index is 13.1. The van der Waals surface area contributed by atoms with Gasteiger partial charge < -0.3 is 14.8 Å². The molecule has 2 aromatic carbocycles. The molecule has 4 rings (SSSR count). The van der Waals surface area contributed by atoms with Crippen LogP contribution in [0.2, 0.25) is 5.02 Å². The lowest BCUT2D eigenvalue weighted by atomic mass is 9.94. The van der Waals surface area contributed by atoms with Crippen molar-refractivity contribution in [2.45, 2.75) is 57.5 Å². The molecule has 1 aliphatic carbocycles. The summed E-state index contributed by atoms with van der Waals surface area (Å²) in [6, 6.07) is 15.5. The number of carbonyl (C=O) groups excluding carboxylic acids is 2. The molecule has 6 nitrogen and oxygen atoms in total. The molecular formula is C26H31ClN4O2. The average Bonchev–Trinajstić information content (AvgIpc) is 3.17. The second-order valence-corrected chi connectivity index (χ2v) is 9.24. The van der Waals surface area contributed by atoms with Crippen LogP contribution in [0.1, 0.15) is 43.5 Å². The van der Waals surface area contributed by atoms with Crippen molar-refractivity contribution in [3.8, 4) is 0 Å². The van der Waals surface area contributed by atoms with Crippen molar-refractivity contribution < 1.29 is 9.59 Å². The Morgan fingerprint density at radius 3 is 2.58 bits per heavy atom. The van der Waals surface area contributed by atoms with Crippen molar-refractivity contribution in [2.24, 2.45) is 0 Å². The van der Waals surface area contributed by atoms with E-state index in [2.05, 4.69) is 5.32 Å². The number of likely N-dealkylation sites (N-methyl/N-ethyl adjacent to an activating group) is 1. The van der Waals surface area contributed by atoms with Crippen LogP contribution >= 0.6 is 11.6 Å². The molecule has 0 atom stereocenters. The Kier molecular flexibility index (Phi) is 7.65. The minimum absolute atomic E-state index is 0.0481. The fraction of sp³-hybridized carbons (Fsp3) is 0.423. The molecule has 174 valence electrons. The Hall–Kier alpha value is -2.86. The van der Waals surface area contributed by atoms with Gasteiger partial charge in [-0.15, -0.1) is 0 Å². The lowest BCUT2D eigenvalue weighted by Crippen LogP contribution is -2.40. The van der Waals surface area contributed by atoms with Crippen LogP contribution < -0.4 is 5.32 Å². The van der Waals surface area contributed by atoms with Gasteiger partial charge in [-0.05, 0) is 42.7 Å². The van der Waals surface area contributed by atoms with E-state index in [0.717, 1.165) is 35.3 Å². The normalized spacial score (nSPS) is 14.4. The van der Waals surface area contributed by atoms with E-state index in [-0.39, 0.29) is 18.4 Å². The summed E-state index contributed by atoms with van der Waals surface area (Å²) in [5, 5.41) is 3.63. The molecule has 0 unspecified atom stereocenters. The van der Waals surface area contributed by atoms with Crippen molar-refractivity contribution >= 4 is 34.4 Å². The molecule has 1 heterocycles. The zero-order valence-electron chi connectivity index (χ0n) is 19.1. The molecule has 2 amide bonds. The number of benzene rings is 2. The Balaban J connectivity index is 1.40. The van der Waals surface area contributed by atoms with Crippen LogP contribution in [0.3, 0.4) is 0 Å². The first-order chi connectivity index (χ1) is 16.0. The molecule has 0 saturated heterocycles. The van der Waals surface area contributed by atoms with Crippen molar-refractivity contribution in [1.29, 1.82) is 0 Å². The minimum Gasteiger partial charge on any atom is -0.355 e. The standard InChI is InChI=1S/C26H31ClN4O2/c1-30(21-7-3-2-4-8-21)26(33)18-31-23-10-6-5-9-22(23)29-24(31)15-16-28-25(32)17-19-11-13-20(27)14-12-19/h5-6,9-14,21H,2-4,7-8,15-18H2,1H3,(H,28,32). The summed E-state index contributed by atoms with van der Waals surface area (Å²) < 4.78 is 2.00. The van der Waals surface area contributed by atoms with Crippen LogP contribution in [-0.4, -0.2) is 45.9 Å². The monoisotopic (exact) mass is 466 g/mol. The van der Waals surface area contributed by atoms with Gasteiger partial charge in [0.2, 0.25) is 11.8 Å². The van der Waals surface area contributed by atoms with E-state index in [1.165, 1.54) is 19.3 Å². The molecule has 1 aliphatic rings. The number of aromatic nitrogens is 2. The van der Waals surface area contributed by atoms with Gasteiger partial charge in [-0.2, -0.15) is 0 Å². The predicted octanol–water partition coefficient (Wildman–Crippen LogP) is 4.38. The van der Waals surface area contributed by atoms with Crippen molar-refractivity contribution in [3.63, 3.8) is 0 Å². The molecule has 0 bridgehead atoms. The summed E-state index contributed by atoms with van der Waals surface area (Å²) in [4.78, 5) is 32.1. The number of carbonyl (C=O) groups is 2. The van der Waals surface area contributed by atoms with Crippen LogP contribution in [-0.2, 0) is 29.0 Å². The number of para-hydroxylation sites is 2. The summed E-state index contributed by atoms with van der Waals surface area (Å²) in [6.07, 6.45) is 6.67. The number of halogens is 1. The van der Waals surface area contributed by atoms with Gasteiger partial charge >= 0.3 is 0 Å². The first-order valence-corrected chi connectivity index (χ1v) is 12.1. The third-order valence-electron chi connectivity index (χ3n) is 6.49. The number of rotatable bonds is 8. The van der Waals surface area contributed by atoms with Crippen LogP contribution in [0.4, 0.5) is 0 Å². The molecule has 1 fully saturated rings. The van der Waals surface area contributed by atoms with Gasteiger partial charge in [0.1, 0.15) is 12.4 Å². The van der Waals surface area contributed by atoms with Gasteiger partial charge in [0.05, 0.1) is 17.5 Å². The first-order valence-electron chi connectivity index (χ1n) is 11.7. The molecule has 0 radical (unpaired) electrons. The van der Waals surface area contributed by atoms with Gasteiger partial charge in [-0.3, -0.25) is 9.59 Å². The maximum Gasteiger partial charge on any atom is 0.242 e. The number of hydrogen-bond acceptors (Lipinski definition) is 3. The van der Waals surface area contributed by atoms with Gasteiger partial charge in [0.25, 0.3) is 0 Å². The maximum absolute atomic E-state index is 13.1. The zero-order valence-corrected chi connectivity index (χ0v) is 19.9. The predicted molar refractivity (Wildman–Crippen MR) is 131 cm³/mol. The molecule has 0 spiro atoms. The number of amides is 2. The highest BCUT2D eigenvalue weighted by Crippen LogP contribution is 2.23. The minimum atomic E-state index is -0.0481. The third kappa shape index (κ3) is 5.93. The van der Waals surface area contributed by atoms with Crippen LogP contribution in [0.5, 0.6) is 0 Å². The fourth-order valence-corrected chi connectivity index (χ4v) is 4.70. The fourth-order valence-electron chi connectivity index (χ4n) is 4.58. The second-order valence-electron chi connectivity index (χ2n) is 8.80. The van der Waals surface area contributed by atoms with Gasteiger partial charge in [0.15, 0.2) is 0 Å². The molecule has 7 heteroatoms. The van der Waals surface area contributed by atoms with E-state index in [0.29, 0.717) is 30.5 Å². The molecule has 33 heavy (non-hydrogen) atoms. The van der Waals surface area contributed by atoms with E-state index >= 15 is 0 Å². The molecule has 1 saturated carbocycles. The van der Waals surface area contributed by atoms with Gasteiger partial charge in [-0.25, -0.2) is 4.98 Å². The summed E-state index contributed by atoms with van der Waals surface area (Å²) in [5.41, 5.74) is 2.74. The second kappa shape index (κ2) is 10.8. The highest BCUT2D eigenvalue weighted by Gasteiger charge is 2.23. The molecule has 1 aromatic heterocycles. The number of nitrogens with one attached hydrogen (secondary N) is 1. The number of nitrogens with zero attached hydrogens (tertiary/aromatic N) is 3. The van der Waals surface area contributed by atoms with E-state index in [9.17, 15) is 9.59 Å². The smallest absolute Gasteiger partial charge is 0.242 e. The lowest BCUT2D eigenvalue weighted by molar-refractivity contribution is -0.133. The molecule has 1 N–H and O–H groups in total. The Morgan fingerprint density at radius 1 is 1.09 bits per heavy atom. The summed E-state index contributed by atoms with van der Waals surface area (Å²) in [7, 11) is 1.92. The van der Waals surface area contributed by atoms with E-state index in [4.69, 9.17) is 16.6 Å². The van der Waals surface area contributed by atoms with Crippen molar-refractivity contribution in [3.05, 3.63) is 64.9 Å².